The summed E-state index contributed by atoms with van der Waals surface area (Å²) in [7, 11) is 1.00. The van der Waals surface area contributed by atoms with Gasteiger partial charge < -0.3 is 15.1 Å². The van der Waals surface area contributed by atoms with Crippen molar-refractivity contribution >= 4 is 5.69 Å². The second-order valence-corrected chi connectivity index (χ2v) is 7.39. The summed E-state index contributed by atoms with van der Waals surface area (Å²) >= 11 is 0. The molecule has 158 valence electrons. The average molecular weight is 411 g/mol. The first-order valence-electron chi connectivity index (χ1n) is 10.1. The third-order valence-corrected chi connectivity index (χ3v) is 5.58. The van der Waals surface area contributed by atoms with E-state index in [0.717, 1.165) is 31.3 Å². The second kappa shape index (κ2) is 10.3. The van der Waals surface area contributed by atoms with E-state index < -0.39 is 6.10 Å². The van der Waals surface area contributed by atoms with Crippen LogP contribution in [0.5, 0.6) is 0 Å². The van der Waals surface area contributed by atoms with Crippen LogP contribution in [0.1, 0.15) is 36.1 Å². The van der Waals surface area contributed by atoms with Gasteiger partial charge in [0.05, 0.1) is 12.1 Å². The molecule has 0 bridgehead atoms. The van der Waals surface area contributed by atoms with Crippen LogP contribution < -0.4 is 4.90 Å². The van der Waals surface area contributed by atoms with Crippen LogP contribution in [0.2, 0.25) is 0 Å². The van der Waals surface area contributed by atoms with E-state index in [1.807, 2.05) is 30.3 Å². The molecule has 2 unspecified atom stereocenters. The first-order valence-corrected chi connectivity index (χ1v) is 10.1. The first kappa shape index (κ1) is 21.9. The largest absolute Gasteiger partial charge is 0.400 e. The molecule has 3 atom stereocenters. The van der Waals surface area contributed by atoms with Crippen LogP contribution in [0.3, 0.4) is 0 Å². The fraction of sp³-hybridized carbons (Fsp3) is 0.280. The summed E-state index contributed by atoms with van der Waals surface area (Å²) in [5, 5.41) is 17.5. The summed E-state index contributed by atoms with van der Waals surface area (Å²) in [5.74, 6) is -0.143. The lowest BCUT2D eigenvalue weighted by Crippen LogP contribution is -2.50. The van der Waals surface area contributed by atoms with E-state index in [9.17, 15) is 13.9 Å². The van der Waals surface area contributed by atoms with Gasteiger partial charge in [0, 0.05) is 25.3 Å². The number of anilines is 1. The minimum atomic E-state index is -0.600. The molecular formula is C25H27F2NO2. The van der Waals surface area contributed by atoms with Crippen LogP contribution in [-0.2, 0) is 0 Å². The van der Waals surface area contributed by atoms with E-state index in [1.54, 1.807) is 12.1 Å². The van der Waals surface area contributed by atoms with Crippen molar-refractivity contribution in [2.75, 3.05) is 18.6 Å². The maximum atomic E-state index is 13.3. The van der Waals surface area contributed by atoms with Crippen LogP contribution in [0.25, 0.3) is 0 Å². The van der Waals surface area contributed by atoms with Crippen molar-refractivity contribution in [2.24, 2.45) is 5.92 Å². The lowest BCUT2D eigenvalue weighted by Gasteiger charge is -2.50. The lowest BCUT2D eigenvalue weighted by molar-refractivity contribution is 0.144. The van der Waals surface area contributed by atoms with Gasteiger partial charge in [0.1, 0.15) is 11.6 Å². The monoisotopic (exact) mass is 411 g/mol. The van der Waals surface area contributed by atoms with Crippen LogP contribution in [-0.4, -0.2) is 23.9 Å². The predicted molar refractivity (Wildman–Crippen MR) is 115 cm³/mol. The Balaban J connectivity index is 0.00000124. The van der Waals surface area contributed by atoms with Gasteiger partial charge in [0.25, 0.3) is 0 Å². The Morgan fingerprint density at radius 1 is 0.867 bits per heavy atom. The lowest BCUT2D eigenvalue weighted by atomic mass is 9.79. The summed E-state index contributed by atoms with van der Waals surface area (Å²) in [5.41, 5.74) is 2.97. The minimum absolute atomic E-state index is 0.201. The number of hydrogen-bond acceptors (Lipinski definition) is 3. The standard InChI is InChI=1S/C24H23F2NO.CH4O/c25-20-9-6-17(7-10-20)23(28)15-8-19-16-27(22-13-11-21(26)12-14-22)24(19)18-4-2-1-3-5-18;1-2/h1-7,9-14,19,23-24,28H,8,15-16H2;2H,1H3/t19-,23?,24?;/m0./s1. The average Bonchev–Trinajstić information content (AvgIpc) is 2.77. The Bertz CT molecular complexity index is 901. The van der Waals surface area contributed by atoms with Crippen molar-refractivity contribution in [3.63, 3.8) is 0 Å². The van der Waals surface area contributed by atoms with Gasteiger partial charge in [0.2, 0.25) is 0 Å². The van der Waals surface area contributed by atoms with E-state index in [0.29, 0.717) is 12.3 Å². The molecule has 3 aromatic carbocycles. The van der Waals surface area contributed by atoms with Crippen molar-refractivity contribution < 1.29 is 19.0 Å². The molecule has 0 saturated carbocycles. The zero-order valence-electron chi connectivity index (χ0n) is 17.0. The maximum absolute atomic E-state index is 13.3. The summed E-state index contributed by atoms with van der Waals surface area (Å²) < 4.78 is 26.4. The highest BCUT2D eigenvalue weighted by Crippen LogP contribution is 2.45. The van der Waals surface area contributed by atoms with E-state index in [-0.39, 0.29) is 17.7 Å². The zero-order valence-corrected chi connectivity index (χ0v) is 17.0. The molecule has 1 fully saturated rings. The van der Waals surface area contributed by atoms with E-state index in [2.05, 4.69) is 17.0 Å². The summed E-state index contributed by atoms with van der Waals surface area (Å²) in [6.45, 7) is 0.862. The molecule has 1 heterocycles. The first-order chi connectivity index (χ1) is 14.6. The molecule has 30 heavy (non-hydrogen) atoms. The molecule has 4 rings (SSSR count). The van der Waals surface area contributed by atoms with E-state index >= 15 is 0 Å². The Kier molecular flexibility index (Phi) is 7.55. The smallest absolute Gasteiger partial charge is 0.123 e. The van der Waals surface area contributed by atoms with Crippen LogP contribution in [0.15, 0.2) is 78.9 Å². The fourth-order valence-electron chi connectivity index (χ4n) is 4.06. The third kappa shape index (κ3) is 5.04. The molecule has 1 aliphatic heterocycles. The van der Waals surface area contributed by atoms with Gasteiger partial charge in [-0.1, -0.05) is 42.5 Å². The van der Waals surface area contributed by atoms with Crippen LogP contribution in [0.4, 0.5) is 14.5 Å². The van der Waals surface area contributed by atoms with Gasteiger partial charge in [0.15, 0.2) is 0 Å². The van der Waals surface area contributed by atoms with Crippen molar-refractivity contribution in [1.82, 2.24) is 0 Å². The van der Waals surface area contributed by atoms with Crippen LogP contribution >= 0.6 is 0 Å². The Labute approximate surface area is 176 Å². The molecule has 0 aliphatic carbocycles. The second-order valence-electron chi connectivity index (χ2n) is 7.39. The van der Waals surface area contributed by atoms with Gasteiger partial charge >= 0.3 is 0 Å². The number of rotatable bonds is 6. The number of benzene rings is 3. The molecule has 3 nitrogen and oxygen atoms in total. The minimum Gasteiger partial charge on any atom is -0.400 e. The molecule has 0 aromatic heterocycles. The van der Waals surface area contributed by atoms with Crippen molar-refractivity contribution in [1.29, 1.82) is 0 Å². The van der Waals surface area contributed by atoms with Gasteiger partial charge in [-0.3, -0.25) is 0 Å². The highest BCUT2D eigenvalue weighted by molar-refractivity contribution is 5.52. The zero-order chi connectivity index (χ0) is 21.5. The van der Waals surface area contributed by atoms with Gasteiger partial charge in [-0.2, -0.15) is 0 Å². The van der Waals surface area contributed by atoms with Crippen LogP contribution in [0, 0.1) is 17.6 Å². The number of aliphatic hydroxyl groups excluding tert-OH is 2. The molecule has 0 radical (unpaired) electrons. The molecule has 2 N–H and O–H groups in total. The molecule has 1 aliphatic rings. The molecule has 5 heteroatoms. The fourth-order valence-corrected chi connectivity index (χ4v) is 4.06. The Morgan fingerprint density at radius 3 is 2.03 bits per heavy atom. The molecule has 1 saturated heterocycles. The normalized spacial score (nSPS) is 18.8. The highest BCUT2D eigenvalue weighted by Gasteiger charge is 2.39. The van der Waals surface area contributed by atoms with Gasteiger partial charge in [-0.15, -0.1) is 0 Å². The quantitative estimate of drug-likeness (QED) is 0.581. The summed E-state index contributed by atoms with van der Waals surface area (Å²) in [4.78, 5) is 2.28. The number of hydrogen-bond donors (Lipinski definition) is 2. The van der Waals surface area contributed by atoms with Crippen molar-refractivity contribution in [3.05, 3.63) is 102 Å². The predicted octanol–water partition coefficient (Wildman–Crippen LogP) is 5.26. The Morgan fingerprint density at radius 2 is 1.43 bits per heavy atom. The third-order valence-electron chi connectivity index (χ3n) is 5.58. The van der Waals surface area contributed by atoms with Crippen molar-refractivity contribution in [2.45, 2.75) is 25.0 Å². The van der Waals surface area contributed by atoms with Gasteiger partial charge in [-0.25, -0.2) is 8.78 Å². The summed E-state index contributed by atoms with van der Waals surface area (Å²) in [6.07, 6.45) is 0.879. The molecular weight excluding hydrogens is 384 g/mol. The van der Waals surface area contributed by atoms with E-state index in [1.165, 1.54) is 29.8 Å². The number of nitrogens with zero attached hydrogens (tertiary/aromatic N) is 1. The molecule has 0 spiro atoms. The Hall–Kier alpha value is -2.76. The highest BCUT2D eigenvalue weighted by atomic mass is 19.1. The van der Waals surface area contributed by atoms with Crippen molar-refractivity contribution in [3.8, 4) is 0 Å². The molecule has 0 amide bonds. The van der Waals surface area contributed by atoms with Gasteiger partial charge in [-0.05, 0) is 60.4 Å². The van der Waals surface area contributed by atoms with E-state index in [4.69, 9.17) is 5.11 Å². The maximum Gasteiger partial charge on any atom is 0.123 e. The summed E-state index contributed by atoms with van der Waals surface area (Å²) in [6, 6.07) is 23.1. The number of halogens is 2. The number of aliphatic hydroxyl groups is 2. The molecule has 3 aromatic rings. The SMILES string of the molecule is CO.OC(CC[C@H]1CN(c2ccc(F)cc2)C1c1ccccc1)c1ccc(F)cc1. The topological polar surface area (TPSA) is 43.7 Å².